The van der Waals surface area contributed by atoms with E-state index < -0.39 is 0 Å². The van der Waals surface area contributed by atoms with Crippen LogP contribution in [-0.4, -0.2) is 18.9 Å². The summed E-state index contributed by atoms with van der Waals surface area (Å²) in [7, 11) is 1.39. The van der Waals surface area contributed by atoms with Gasteiger partial charge in [-0.2, -0.15) is 0 Å². The van der Waals surface area contributed by atoms with Crippen molar-refractivity contribution >= 4 is 11.8 Å². The Kier molecular flexibility index (Phi) is 2.87. The molecule has 88 valence electrons. The fraction of sp³-hybridized carbons (Fsp3) is 0.692. The highest BCUT2D eigenvalue weighted by Crippen LogP contribution is 2.48. The molecule has 0 heterocycles. The summed E-state index contributed by atoms with van der Waals surface area (Å²) >= 11 is 0. The topological polar surface area (TPSA) is 43.4 Å². The maximum Gasteiger partial charge on any atom is 0.333 e. The van der Waals surface area contributed by atoms with Crippen LogP contribution in [0.1, 0.15) is 39.0 Å². The lowest BCUT2D eigenvalue weighted by atomic mass is 9.66. The molecule has 0 radical (unpaired) electrons. The van der Waals surface area contributed by atoms with Gasteiger partial charge in [-0.3, -0.25) is 4.79 Å². The summed E-state index contributed by atoms with van der Waals surface area (Å²) in [6.07, 6.45) is 6.10. The first kappa shape index (κ1) is 11.4. The quantitative estimate of drug-likeness (QED) is 0.639. The summed E-state index contributed by atoms with van der Waals surface area (Å²) < 4.78 is 4.72. The van der Waals surface area contributed by atoms with Crippen LogP contribution in [0.25, 0.3) is 0 Å². The molecule has 2 atom stereocenters. The highest BCUT2D eigenvalue weighted by atomic mass is 16.5. The Morgan fingerprint density at radius 1 is 1.50 bits per heavy atom. The number of carbonyl (C=O) groups excluding carboxylic acids is 2. The molecule has 0 aliphatic heterocycles. The van der Waals surface area contributed by atoms with Crippen LogP contribution in [0.15, 0.2) is 11.6 Å². The summed E-state index contributed by atoms with van der Waals surface area (Å²) in [5, 5.41) is 0. The number of rotatable bonds is 1. The number of esters is 1. The van der Waals surface area contributed by atoms with Gasteiger partial charge in [0.1, 0.15) is 5.78 Å². The van der Waals surface area contributed by atoms with Crippen LogP contribution in [0.4, 0.5) is 0 Å². The second-order valence-electron chi connectivity index (χ2n) is 4.92. The molecule has 0 bridgehead atoms. The zero-order chi connectivity index (χ0) is 11.8. The maximum atomic E-state index is 12.1. The van der Waals surface area contributed by atoms with Gasteiger partial charge in [0.2, 0.25) is 0 Å². The smallest absolute Gasteiger partial charge is 0.333 e. The maximum absolute atomic E-state index is 12.1. The summed E-state index contributed by atoms with van der Waals surface area (Å²) in [5.41, 5.74) is 0.325. The molecule has 0 amide bonds. The number of allylic oxidation sites excluding steroid dienone is 1. The minimum absolute atomic E-state index is 0.276. The van der Waals surface area contributed by atoms with Crippen LogP contribution in [0, 0.1) is 11.3 Å². The van der Waals surface area contributed by atoms with E-state index in [9.17, 15) is 9.59 Å². The van der Waals surface area contributed by atoms with E-state index in [0.29, 0.717) is 30.1 Å². The van der Waals surface area contributed by atoms with E-state index in [0.717, 1.165) is 19.3 Å². The van der Waals surface area contributed by atoms with Crippen molar-refractivity contribution in [3.8, 4) is 0 Å². The zero-order valence-electron chi connectivity index (χ0n) is 9.91. The Bertz CT molecular complexity index is 356. The van der Waals surface area contributed by atoms with Crippen molar-refractivity contribution < 1.29 is 14.3 Å². The van der Waals surface area contributed by atoms with E-state index >= 15 is 0 Å². The number of ketones is 1. The van der Waals surface area contributed by atoms with Crippen LogP contribution in [0.2, 0.25) is 0 Å². The fourth-order valence-corrected chi connectivity index (χ4v) is 3.03. The van der Waals surface area contributed by atoms with E-state index in [4.69, 9.17) is 4.74 Å². The zero-order valence-corrected chi connectivity index (χ0v) is 9.91. The molecule has 2 aliphatic rings. The number of hydrogen-bond donors (Lipinski definition) is 0. The van der Waals surface area contributed by atoms with Crippen molar-refractivity contribution in [3.05, 3.63) is 11.6 Å². The Hall–Kier alpha value is -1.12. The van der Waals surface area contributed by atoms with Gasteiger partial charge < -0.3 is 4.74 Å². The number of carbonyl (C=O) groups is 2. The van der Waals surface area contributed by atoms with Crippen molar-refractivity contribution in [3.63, 3.8) is 0 Å². The van der Waals surface area contributed by atoms with Gasteiger partial charge in [-0.1, -0.05) is 13.0 Å². The van der Waals surface area contributed by atoms with Gasteiger partial charge in [0.15, 0.2) is 0 Å². The third-order valence-corrected chi connectivity index (χ3v) is 4.13. The molecule has 1 fully saturated rings. The Morgan fingerprint density at radius 3 is 2.88 bits per heavy atom. The van der Waals surface area contributed by atoms with Crippen molar-refractivity contribution in [1.29, 1.82) is 0 Å². The first-order chi connectivity index (χ1) is 7.60. The summed E-state index contributed by atoms with van der Waals surface area (Å²) in [5.74, 6) is 0.392. The summed E-state index contributed by atoms with van der Waals surface area (Å²) in [4.78, 5) is 23.5. The molecular weight excluding hydrogens is 204 g/mol. The SMILES string of the molecule is COC(=O)C1=C[C@@]2(CC1)C(=O)CCC[C@H]2C. The second-order valence-corrected chi connectivity index (χ2v) is 4.92. The molecule has 0 aromatic heterocycles. The standard InChI is InChI=1S/C13H18O3/c1-9-4-3-5-11(14)13(9)7-6-10(8-13)12(15)16-2/h8-9H,3-7H2,1-2H3/t9-,13-/m1/s1. The Morgan fingerprint density at radius 2 is 2.25 bits per heavy atom. The third-order valence-electron chi connectivity index (χ3n) is 4.13. The van der Waals surface area contributed by atoms with Crippen LogP contribution < -0.4 is 0 Å². The molecule has 0 N–H and O–H groups in total. The molecular formula is C13H18O3. The van der Waals surface area contributed by atoms with Gasteiger partial charge in [-0.25, -0.2) is 4.79 Å². The molecule has 2 rings (SSSR count). The van der Waals surface area contributed by atoms with E-state index in [1.54, 1.807) is 0 Å². The molecule has 3 heteroatoms. The number of methoxy groups -OCH3 is 1. The Labute approximate surface area is 95.9 Å². The number of Topliss-reactive ketones (excluding diaryl/α,β-unsaturated/α-hetero) is 1. The number of ether oxygens (including phenoxy) is 1. The van der Waals surface area contributed by atoms with Crippen molar-refractivity contribution in [2.24, 2.45) is 11.3 Å². The van der Waals surface area contributed by atoms with Gasteiger partial charge in [-0.15, -0.1) is 0 Å². The average Bonchev–Trinajstić information content (AvgIpc) is 2.72. The molecule has 3 nitrogen and oxygen atoms in total. The van der Waals surface area contributed by atoms with Crippen molar-refractivity contribution in [1.82, 2.24) is 0 Å². The lowest BCUT2D eigenvalue weighted by Crippen LogP contribution is -2.37. The normalized spacial score (nSPS) is 34.0. The van der Waals surface area contributed by atoms with E-state index in [2.05, 4.69) is 6.92 Å². The molecule has 1 saturated carbocycles. The molecule has 0 aromatic carbocycles. The monoisotopic (exact) mass is 222 g/mol. The largest absolute Gasteiger partial charge is 0.466 e. The van der Waals surface area contributed by atoms with Crippen molar-refractivity contribution in [2.45, 2.75) is 39.0 Å². The predicted octanol–water partition coefficient (Wildman–Crippen LogP) is 2.26. The highest BCUT2D eigenvalue weighted by Gasteiger charge is 2.46. The number of hydrogen-bond acceptors (Lipinski definition) is 3. The van der Waals surface area contributed by atoms with Gasteiger partial charge in [-0.05, 0) is 31.6 Å². The lowest BCUT2D eigenvalue weighted by Gasteiger charge is -2.36. The highest BCUT2D eigenvalue weighted by molar-refractivity contribution is 5.94. The Balaban J connectivity index is 2.29. The summed E-state index contributed by atoms with van der Waals surface area (Å²) in [6, 6.07) is 0. The van der Waals surface area contributed by atoms with E-state index in [-0.39, 0.29) is 11.4 Å². The summed E-state index contributed by atoms with van der Waals surface area (Å²) in [6.45, 7) is 2.12. The van der Waals surface area contributed by atoms with Gasteiger partial charge >= 0.3 is 5.97 Å². The van der Waals surface area contributed by atoms with Crippen LogP contribution in [0.5, 0.6) is 0 Å². The van der Waals surface area contributed by atoms with Gasteiger partial charge in [0.05, 0.1) is 12.5 Å². The molecule has 0 aromatic rings. The van der Waals surface area contributed by atoms with Crippen LogP contribution in [-0.2, 0) is 14.3 Å². The van der Waals surface area contributed by atoms with E-state index in [1.165, 1.54) is 7.11 Å². The molecule has 0 saturated heterocycles. The van der Waals surface area contributed by atoms with Gasteiger partial charge in [0, 0.05) is 12.0 Å². The molecule has 2 aliphatic carbocycles. The molecule has 16 heavy (non-hydrogen) atoms. The van der Waals surface area contributed by atoms with Crippen LogP contribution in [0.3, 0.4) is 0 Å². The van der Waals surface area contributed by atoms with E-state index in [1.807, 2.05) is 6.08 Å². The minimum Gasteiger partial charge on any atom is -0.466 e. The first-order valence-electron chi connectivity index (χ1n) is 5.93. The average molecular weight is 222 g/mol. The lowest BCUT2D eigenvalue weighted by molar-refractivity contribution is -0.136. The third kappa shape index (κ3) is 1.58. The van der Waals surface area contributed by atoms with Gasteiger partial charge in [0.25, 0.3) is 0 Å². The second kappa shape index (κ2) is 4.04. The molecule has 1 spiro atoms. The minimum atomic E-state index is -0.359. The molecule has 0 unspecified atom stereocenters. The fourth-order valence-electron chi connectivity index (χ4n) is 3.03. The van der Waals surface area contributed by atoms with Crippen LogP contribution >= 0.6 is 0 Å². The first-order valence-corrected chi connectivity index (χ1v) is 5.93. The van der Waals surface area contributed by atoms with Crippen molar-refractivity contribution in [2.75, 3.05) is 7.11 Å². The predicted molar refractivity (Wildman–Crippen MR) is 59.8 cm³/mol.